The second-order valence-electron chi connectivity index (χ2n) is 5.56. The van der Waals surface area contributed by atoms with Crippen LogP contribution in [0.15, 0.2) is 54.6 Å². The van der Waals surface area contributed by atoms with E-state index in [0.717, 1.165) is 11.1 Å². The maximum atomic E-state index is 12.1. The summed E-state index contributed by atoms with van der Waals surface area (Å²) in [6, 6.07) is 16.4. The molecule has 126 valence electrons. The van der Waals surface area contributed by atoms with Crippen molar-refractivity contribution in [1.29, 1.82) is 0 Å². The number of benzene rings is 2. The van der Waals surface area contributed by atoms with Gasteiger partial charge in [-0.2, -0.15) is 0 Å². The van der Waals surface area contributed by atoms with E-state index in [-0.39, 0.29) is 24.3 Å². The molecule has 0 fully saturated rings. The van der Waals surface area contributed by atoms with Gasteiger partial charge in [-0.1, -0.05) is 42.5 Å². The number of hydrogen-bond acceptors (Lipinski definition) is 3. The summed E-state index contributed by atoms with van der Waals surface area (Å²) in [5, 5.41) is 5.60. The lowest BCUT2D eigenvalue weighted by molar-refractivity contribution is -0.121. The largest absolute Gasteiger partial charge is 0.352 e. The molecule has 0 aliphatic heterocycles. The third-order valence-corrected chi connectivity index (χ3v) is 3.65. The van der Waals surface area contributed by atoms with E-state index in [1.54, 1.807) is 12.1 Å². The van der Waals surface area contributed by atoms with Gasteiger partial charge < -0.3 is 16.4 Å². The van der Waals surface area contributed by atoms with Gasteiger partial charge in [0.05, 0.1) is 0 Å². The Kier molecular flexibility index (Phi) is 6.51. The van der Waals surface area contributed by atoms with Crippen LogP contribution in [-0.4, -0.2) is 18.4 Å². The van der Waals surface area contributed by atoms with E-state index in [0.29, 0.717) is 18.7 Å². The standard InChI is InChI=1S/C19H23N3O2/c1-2-21-19(24)16-10-6-7-14(11-16)13-22-18(23)12-17(20)15-8-4-3-5-9-15/h3-11,17H,2,12-13,20H2,1H3,(H,21,24)(H,22,23). The SMILES string of the molecule is CCNC(=O)c1cccc(CNC(=O)CC(N)c2ccccc2)c1. The fourth-order valence-corrected chi connectivity index (χ4v) is 2.38. The molecule has 0 aliphatic carbocycles. The average Bonchev–Trinajstić information content (AvgIpc) is 2.61. The van der Waals surface area contributed by atoms with Gasteiger partial charge in [-0.05, 0) is 30.2 Å². The number of hydrogen-bond donors (Lipinski definition) is 3. The van der Waals surface area contributed by atoms with Crippen molar-refractivity contribution >= 4 is 11.8 Å². The van der Waals surface area contributed by atoms with E-state index >= 15 is 0 Å². The summed E-state index contributed by atoms with van der Waals surface area (Å²) < 4.78 is 0. The second-order valence-corrected chi connectivity index (χ2v) is 5.56. The number of carbonyl (C=O) groups is 2. The molecule has 24 heavy (non-hydrogen) atoms. The quantitative estimate of drug-likeness (QED) is 0.729. The highest BCUT2D eigenvalue weighted by atomic mass is 16.2. The Labute approximate surface area is 142 Å². The summed E-state index contributed by atoms with van der Waals surface area (Å²) in [7, 11) is 0. The molecule has 0 bridgehead atoms. The summed E-state index contributed by atoms with van der Waals surface area (Å²) in [6.07, 6.45) is 0.222. The van der Waals surface area contributed by atoms with Crippen LogP contribution in [0, 0.1) is 0 Å². The molecule has 0 aliphatic rings. The summed E-state index contributed by atoms with van der Waals surface area (Å²) in [6.45, 7) is 2.82. The van der Waals surface area contributed by atoms with Crippen molar-refractivity contribution in [3.63, 3.8) is 0 Å². The van der Waals surface area contributed by atoms with Crippen molar-refractivity contribution in [2.75, 3.05) is 6.54 Å². The van der Waals surface area contributed by atoms with Crippen LogP contribution in [0.25, 0.3) is 0 Å². The Hall–Kier alpha value is -2.66. The fraction of sp³-hybridized carbons (Fsp3) is 0.263. The number of amides is 2. The zero-order valence-corrected chi connectivity index (χ0v) is 13.8. The first-order chi connectivity index (χ1) is 11.6. The molecule has 2 amide bonds. The van der Waals surface area contributed by atoms with Crippen LogP contribution < -0.4 is 16.4 Å². The monoisotopic (exact) mass is 325 g/mol. The van der Waals surface area contributed by atoms with Crippen LogP contribution in [-0.2, 0) is 11.3 Å². The predicted molar refractivity (Wildman–Crippen MR) is 94.3 cm³/mol. The minimum atomic E-state index is -0.326. The highest BCUT2D eigenvalue weighted by molar-refractivity contribution is 5.94. The van der Waals surface area contributed by atoms with Crippen molar-refractivity contribution in [2.24, 2.45) is 5.73 Å². The molecule has 2 rings (SSSR count). The van der Waals surface area contributed by atoms with E-state index in [4.69, 9.17) is 5.73 Å². The van der Waals surface area contributed by atoms with Gasteiger partial charge >= 0.3 is 0 Å². The number of nitrogens with one attached hydrogen (secondary N) is 2. The zero-order chi connectivity index (χ0) is 17.4. The third-order valence-electron chi connectivity index (χ3n) is 3.65. The van der Waals surface area contributed by atoms with Crippen LogP contribution in [0.4, 0.5) is 0 Å². The molecular formula is C19H23N3O2. The molecule has 0 heterocycles. The Morgan fingerprint density at radius 2 is 1.79 bits per heavy atom. The minimum Gasteiger partial charge on any atom is -0.352 e. The molecule has 0 saturated carbocycles. The van der Waals surface area contributed by atoms with Gasteiger partial charge in [0.2, 0.25) is 5.91 Å². The third kappa shape index (κ3) is 5.21. The molecule has 4 N–H and O–H groups in total. The molecule has 1 unspecified atom stereocenters. The van der Waals surface area contributed by atoms with Gasteiger partial charge in [-0.25, -0.2) is 0 Å². The van der Waals surface area contributed by atoms with Crippen LogP contribution in [0.2, 0.25) is 0 Å². The summed E-state index contributed by atoms with van der Waals surface area (Å²) in [5.41, 5.74) is 8.45. The molecule has 5 nitrogen and oxygen atoms in total. The minimum absolute atomic E-state index is 0.114. The molecular weight excluding hydrogens is 302 g/mol. The number of nitrogens with two attached hydrogens (primary N) is 1. The second kappa shape index (κ2) is 8.84. The summed E-state index contributed by atoms with van der Waals surface area (Å²) in [4.78, 5) is 23.9. The Bertz CT molecular complexity index is 686. The molecule has 0 spiro atoms. The van der Waals surface area contributed by atoms with Crippen LogP contribution in [0.5, 0.6) is 0 Å². The highest BCUT2D eigenvalue weighted by Gasteiger charge is 2.11. The van der Waals surface area contributed by atoms with Crippen molar-refractivity contribution in [3.8, 4) is 0 Å². The number of rotatable bonds is 7. The first kappa shape index (κ1) is 17.7. The molecule has 1 atom stereocenters. The lowest BCUT2D eigenvalue weighted by atomic mass is 10.0. The van der Waals surface area contributed by atoms with Crippen molar-refractivity contribution in [3.05, 3.63) is 71.3 Å². The van der Waals surface area contributed by atoms with Crippen molar-refractivity contribution in [2.45, 2.75) is 25.9 Å². The van der Waals surface area contributed by atoms with E-state index in [1.165, 1.54) is 0 Å². The van der Waals surface area contributed by atoms with Crippen molar-refractivity contribution < 1.29 is 9.59 Å². The van der Waals surface area contributed by atoms with Crippen LogP contribution in [0.1, 0.15) is 40.9 Å². The zero-order valence-electron chi connectivity index (χ0n) is 13.8. The topological polar surface area (TPSA) is 84.2 Å². The molecule has 2 aromatic carbocycles. The normalized spacial score (nSPS) is 11.6. The lowest BCUT2D eigenvalue weighted by Gasteiger charge is -2.12. The Morgan fingerprint density at radius 3 is 2.50 bits per heavy atom. The smallest absolute Gasteiger partial charge is 0.251 e. The van der Waals surface area contributed by atoms with E-state index in [2.05, 4.69) is 10.6 Å². The predicted octanol–water partition coefficient (Wildman–Crippen LogP) is 2.14. The molecule has 0 aromatic heterocycles. The van der Waals surface area contributed by atoms with Gasteiger partial charge in [-0.15, -0.1) is 0 Å². The highest BCUT2D eigenvalue weighted by Crippen LogP contribution is 2.13. The van der Waals surface area contributed by atoms with Gasteiger partial charge in [0.15, 0.2) is 0 Å². The van der Waals surface area contributed by atoms with Gasteiger partial charge in [0.25, 0.3) is 5.91 Å². The van der Waals surface area contributed by atoms with Crippen molar-refractivity contribution in [1.82, 2.24) is 10.6 Å². The summed E-state index contributed by atoms with van der Waals surface area (Å²) in [5.74, 6) is -0.230. The molecule has 0 radical (unpaired) electrons. The van der Waals surface area contributed by atoms with Gasteiger partial charge in [-0.3, -0.25) is 9.59 Å². The molecule has 2 aromatic rings. The van der Waals surface area contributed by atoms with E-state index < -0.39 is 0 Å². The molecule has 0 saturated heterocycles. The summed E-state index contributed by atoms with van der Waals surface area (Å²) >= 11 is 0. The van der Waals surface area contributed by atoms with Crippen LogP contribution >= 0.6 is 0 Å². The van der Waals surface area contributed by atoms with Gasteiger partial charge in [0.1, 0.15) is 0 Å². The first-order valence-electron chi connectivity index (χ1n) is 8.04. The van der Waals surface area contributed by atoms with Crippen LogP contribution in [0.3, 0.4) is 0 Å². The molecule has 5 heteroatoms. The maximum absolute atomic E-state index is 12.1. The lowest BCUT2D eigenvalue weighted by Crippen LogP contribution is -2.27. The Balaban J connectivity index is 1.87. The fourth-order valence-electron chi connectivity index (χ4n) is 2.38. The maximum Gasteiger partial charge on any atom is 0.251 e. The van der Waals surface area contributed by atoms with E-state index in [1.807, 2.05) is 49.4 Å². The van der Waals surface area contributed by atoms with Gasteiger partial charge in [0, 0.05) is 31.1 Å². The number of carbonyl (C=O) groups excluding carboxylic acids is 2. The Morgan fingerprint density at radius 1 is 1.04 bits per heavy atom. The first-order valence-corrected chi connectivity index (χ1v) is 8.04. The average molecular weight is 325 g/mol. The van der Waals surface area contributed by atoms with E-state index in [9.17, 15) is 9.59 Å².